The number of benzene rings is 1. The van der Waals surface area contributed by atoms with Crippen LogP contribution in [-0.4, -0.2) is 51.2 Å². The van der Waals surface area contributed by atoms with E-state index >= 15 is 0 Å². The maximum absolute atomic E-state index is 11.8. The molecule has 0 saturated heterocycles. The van der Waals surface area contributed by atoms with Gasteiger partial charge in [0.15, 0.2) is 0 Å². The molecule has 0 radical (unpaired) electrons. The van der Waals surface area contributed by atoms with Gasteiger partial charge in [-0.15, -0.1) is 24.8 Å². The number of likely N-dealkylation sites (N-methyl/N-ethyl adjacent to an activating group) is 1. The Kier molecular flexibility index (Phi) is 12.9. The highest BCUT2D eigenvalue weighted by Crippen LogP contribution is 2.25. The Morgan fingerprint density at radius 2 is 1.95 bits per heavy atom. The number of methoxy groups -OCH3 is 1. The van der Waals surface area contributed by atoms with Crippen LogP contribution in [0.25, 0.3) is 0 Å². The van der Waals surface area contributed by atoms with Crippen LogP contribution in [0.2, 0.25) is 5.02 Å². The third kappa shape index (κ3) is 7.13. The summed E-state index contributed by atoms with van der Waals surface area (Å²) < 4.78 is 4.87. The Balaban J connectivity index is 0. The van der Waals surface area contributed by atoms with Gasteiger partial charge in [-0.05, 0) is 25.7 Å². The zero-order valence-corrected chi connectivity index (χ0v) is 15.3. The number of nitrogens with one attached hydrogen (secondary N) is 1. The third-order valence-corrected chi connectivity index (χ3v) is 3.38. The number of rotatable bonds is 7. The van der Waals surface area contributed by atoms with E-state index in [-0.39, 0.29) is 43.4 Å². The molecule has 0 fully saturated rings. The third-order valence-electron chi connectivity index (χ3n) is 3.04. The smallest absolute Gasteiger partial charge is 0.239 e. The van der Waals surface area contributed by atoms with Crippen LogP contribution in [0.1, 0.15) is 11.6 Å². The van der Waals surface area contributed by atoms with E-state index in [1.54, 1.807) is 0 Å². The van der Waals surface area contributed by atoms with E-state index in [1.807, 2.05) is 43.3 Å². The quantitative estimate of drug-likeness (QED) is 0.767. The lowest BCUT2D eigenvalue weighted by atomic mass is 10.1. The molecule has 0 heterocycles. The molecule has 1 aromatic rings. The number of hydrogen-bond donors (Lipinski definition) is 2. The number of carbonyl (C=O) groups is 1. The van der Waals surface area contributed by atoms with Crippen molar-refractivity contribution in [2.24, 2.45) is 5.73 Å². The average molecular weight is 373 g/mol. The Morgan fingerprint density at radius 3 is 2.45 bits per heavy atom. The van der Waals surface area contributed by atoms with Crippen LogP contribution >= 0.6 is 36.4 Å². The van der Waals surface area contributed by atoms with Crippen molar-refractivity contribution < 1.29 is 9.53 Å². The van der Waals surface area contributed by atoms with Crippen molar-refractivity contribution in [2.75, 3.05) is 34.4 Å². The second-order valence-corrected chi connectivity index (χ2v) is 5.22. The Morgan fingerprint density at radius 1 is 1.36 bits per heavy atom. The van der Waals surface area contributed by atoms with Gasteiger partial charge in [0.25, 0.3) is 0 Å². The first-order valence-electron chi connectivity index (χ1n) is 6.40. The summed E-state index contributed by atoms with van der Waals surface area (Å²) in [5.74, 6) is -0.231. The molecule has 0 aliphatic heterocycles. The van der Waals surface area contributed by atoms with Crippen molar-refractivity contribution in [2.45, 2.75) is 12.1 Å². The van der Waals surface area contributed by atoms with Crippen LogP contribution in [0.15, 0.2) is 24.3 Å². The van der Waals surface area contributed by atoms with E-state index in [0.29, 0.717) is 11.6 Å². The molecule has 5 nitrogen and oxygen atoms in total. The summed E-state index contributed by atoms with van der Waals surface area (Å²) in [4.78, 5) is 13.8. The van der Waals surface area contributed by atoms with Crippen LogP contribution < -0.4 is 11.1 Å². The zero-order valence-electron chi connectivity index (χ0n) is 12.9. The number of hydrogen-bond acceptors (Lipinski definition) is 4. The number of carbonyl (C=O) groups excluding carboxylic acids is 1. The molecule has 2 unspecified atom stereocenters. The molecular weight excluding hydrogens is 349 g/mol. The van der Waals surface area contributed by atoms with Crippen LogP contribution in [0.4, 0.5) is 0 Å². The minimum absolute atomic E-state index is 0. The van der Waals surface area contributed by atoms with Gasteiger partial charge >= 0.3 is 0 Å². The molecule has 0 aromatic heterocycles. The lowest BCUT2D eigenvalue weighted by Gasteiger charge is -2.26. The summed E-state index contributed by atoms with van der Waals surface area (Å²) in [6.07, 6.45) is 0. The molecule has 1 amide bonds. The highest BCUT2D eigenvalue weighted by Gasteiger charge is 2.19. The molecule has 128 valence electrons. The van der Waals surface area contributed by atoms with Crippen molar-refractivity contribution in [3.8, 4) is 0 Å². The molecular formula is C14H24Cl3N3O2. The van der Waals surface area contributed by atoms with E-state index in [9.17, 15) is 4.79 Å². The van der Waals surface area contributed by atoms with Gasteiger partial charge in [-0.25, -0.2) is 0 Å². The molecule has 0 spiro atoms. The first-order valence-corrected chi connectivity index (χ1v) is 6.78. The molecule has 0 aliphatic carbocycles. The van der Waals surface area contributed by atoms with Gasteiger partial charge in [0.2, 0.25) is 5.91 Å². The van der Waals surface area contributed by atoms with Gasteiger partial charge in [-0.1, -0.05) is 29.8 Å². The van der Waals surface area contributed by atoms with Crippen LogP contribution in [0.3, 0.4) is 0 Å². The van der Waals surface area contributed by atoms with Gasteiger partial charge in [-0.2, -0.15) is 0 Å². The van der Waals surface area contributed by atoms with Gasteiger partial charge in [0.1, 0.15) is 6.04 Å². The second kappa shape index (κ2) is 11.9. The first-order chi connectivity index (χ1) is 9.47. The monoisotopic (exact) mass is 371 g/mol. The lowest BCUT2D eigenvalue weighted by molar-refractivity contribution is -0.123. The fourth-order valence-corrected chi connectivity index (χ4v) is 2.16. The molecule has 0 bridgehead atoms. The molecule has 3 N–H and O–H groups in total. The zero-order chi connectivity index (χ0) is 15.1. The standard InChI is InChI=1S/C14H22ClN3O2.2ClH/c1-18(2)13(10-6-4-5-7-11(10)15)8-17-14(19)12(16)9-20-3;;/h4-7,12-13H,8-9,16H2,1-3H3,(H,17,19);2*1H. The van der Waals surface area contributed by atoms with E-state index in [0.717, 1.165) is 5.56 Å². The van der Waals surface area contributed by atoms with Crippen molar-refractivity contribution in [1.29, 1.82) is 0 Å². The van der Waals surface area contributed by atoms with Crippen molar-refractivity contribution >= 4 is 42.3 Å². The summed E-state index contributed by atoms with van der Waals surface area (Å²) in [7, 11) is 5.39. The highest BCUT2D eigenvalue weighted by atomic mass is 35.5. The van der Waals surface area contributed by atoms with Gasteiger partial charge in [-0.3, -0.25) is 4.79 Å². The predicted octanol–water partition coefficient (Wildman–Crippen LogP) is 1.88. The van der Waals surface area contributed by atoms with Crippen molar-refractivity contribution in [3.05, 3.63) is 34.9 Å². The van der Waals surface area contributed by atoms with Gasteiger partial charge < -0.3 is 20.7 Å². The lowest BCUT2D eigenvalue weighted by Crippen LogP contribution is -2.45. The number of halogens is 3. The molecule has 0 aliphatic rings. The van der Waals surface area contributed by atoms with Crippen LogP contribution in [0.5, 0.6) is 0 Å². The SMILES string of the molecule is COCC(N)C(=O)NCC(c1ccccc1Cl)N(C)C.Cl.Cl. The molecule has 1 rings (SSSR count). The number of nitrogens with two attached hydrogens (primary N) is 1. The minimum Gasteiger partial charge on any atom is -0.383 e. The minimum atomic E-state index is -0.658. The van der Waals surface area contributed by atoms with E-state index < -0.39 is 6.04 Å². The van der Waals surface area contributed by atoms with Crippen molar-refractivity contribution in [3.63, 3.8) is 0 Å². The number of amides is 1. The maximum atomic E-state index is 11.8. The Hall–Kier alpha value is -0.560. The number of nitrogens with zero attached hydrogens (tertiary/aromatic N) is 1. The van der Waals surface area contributed by atoms with E-state index in [4.69, 9.17) is 22.1 Å². The molecule has 0 saturated carbocycles. The summed E-state index contributed by atoms with van der Waals surface area (Å²) in [5, 5.41) is 3.51. The second-order valence-electron chi connectivity index (χ2n) is 4.81. The predicted molar refractivity (Wildman–Crippen MR) is 95.2 cm³/mol. The molecule has 8 heteroatoms. The highest BCUT2D eigenvalue weighted by molar-refractivity contribution is 6.31. The summed E-state index contributed by atoms with van der Waals surface area (Å²) in [6, 6.07) is 6.93. The average Bonchev–Trinajstić information content (AvgIpc) is 2.40. The van der Waals surface area contributed by atoms with Gasteiger partial charge in [0, 0.05) is 18.7 Å². The fraction of sp³-hybridized carbons (Fsp3) is 0.500. The van der Waals surface area contributed by atoms with Crippen molar-refractivity contribution in [1.82, 2.24) is 10.2 Å². The largest absolute Gasteiger partial charge is 0.383 e. The summed E-state index contributed by atoms with van der Waals surface area (Å²) in [5.41, 5.74) is 6.65. The summed E-state index contributed by atoms with van der Waals surface area (Å²) in [6.45, 7) is 0.636. The molecule has 2 atom stereocenters. The number of ether oxygens (including phenoxy) is 1. The van der Waals surface area contributed by atoms with Gasteiger partial charge in [0.05, 0.1) is 12.6 Å². The van der Waals surface area contributed by atoms with E-state index in [1.165, 1.54) is 7.11 Å². The first kappa shape index (κ1) is 23.7. The summed E-state index contributed by atoms with van der Waals surface area (Å²) >= 11 is 6.21. The van der Waals surface area contributed by atoms with Crippen LogP contribution in [0, 0.1) is 0 Å². The normalized spacial score (nSPS) is 12.8. The van der Waals surface area contributed by atoms with Crippen LogP contribution in [-0.2, 0) is 9.53 Å². The molecule has 1 aromatic carbocycles. The van der Waals surface area contributed by atoms with E-state index in [2.05, 4.69) is 5.32 Å². The fourth-order valence-electron chi connectivity index (χ4n) is 1.90. The Bertz CT molecular complexity index is 447. The maximum Gasteiger partial charge on any atom is 0.239 e. The molecule has 22 heavy (non-hydrogen) atoms. The topological polar surface area (TPSA) is 67.6 Å². The Labute approximate surface area is 149 Å².